The molecule has 0 aliphatic carbocycles. The molecule has 0 spiro atoms. The molecule has 0 bridgehead atoms. The summed E-state index contributed by atoms with van der Waals surface area (Å²) in [5, 5.41) is 2.60. The largest absolute Gasteiger partial charge is 0.459 e. The van der Waals surface area contributed by atoms with Gasteiger partial charge in [-0.15, -0.1) is 0 Å². The summed E-state index contributed by atoms with van der Waals surface area (Å²) in [4.78, 5) is 22.7. The lowest BCUT2D eigenvalue weighted by Crippen LogP contribution is -2.38. The average Bonchev–Trinajstić information content (AvgIpc) is 2.20. The number of hydrogen-bond donors (Lipinski definition) is 3. The predicted octanol–water partition coefficient (Wildman–Crippen LogP) is -0.489. The highest BCUT2D eigenvalue weighted by molar-refractivity contribution is 5.79. The van der Waals surface area contributed by atoms with Crippen LogP contribution in [0.2, 0.25) is 0 Å². The molecule has 0 aromatic carbocycles. The van der Waals surface area contributed by atoms with Crippen molar-refractivity contribution in [2.75, 3.05) is 13.1 Å². The second kappa shape index (κ2) is 7.24. The van der Waals surface area contributed by atoms with Crippen molar-refractivity contribution in [1.29, 1.82) is 0 Å². The molecule has 5 N–H and O–H groups in total. The molecule has 0 saturated heterocycles. The van der Waals surface area contributed by atoms with Gasteiger partial charge >= 0.3 is 5.97 Å². The summed E-state index contributed by atoms with van der Waals surface area (Å²) in [6, 6.07) is -0.766. The fraction of sp³-hybridized carbons (Fsp3) is 0.818. The molecule has 0 saturated carbocycles. The Morgan fingerprint density at radius 3 is 2.41 bits per heavy atom. The minimum absolute atomic E-state index is 0.158. The van der Waals surface area contributed by atoms with E-state index in [-0.39, 0.29) is 18.7 Å². The first-order valence-electron chi connectivity index (χ1n) is 5.71. The zero-order chi connectivity index (χ0) is 13.5. The van der Waals surface area contributed by atoms with Crippen LogP contribution in [0.15, 0.2) is 0 Å². The normalized spacial score (nSPS) is 13.0. The number of amides is 1. The molecule has 6 nitrogen and oxygen atoms in total. The van der Waals surface area contributed by atoms with Gasteiger partial charge in [-0.1, -0.05) is 0 Å². The molecule has 0 heterocycles. The molecule has 0 radical (unpaired) electrons. The SMILES string of the molecule is CC(C)(C)OC(=O)[C@@H](N)CCC(=O)NCCN. The number of hydrogen-bond acceptors (Lipinski definition) is 5. The van der Waals surface area contributed by atoms with E-state index in [2.05, 4.69) is 5.32 Å². The van der Waals surface area contributed by atoms with E-state index in [1.807, 2.05) is 0 Å². The summed E-state index contributed by atoms with van der Waals surface area (Å²) in [6.45, 7) is 6.13. The van der Waals surface area contributed by atoms with Crippen LogP contribution < -0.4 is 16.8 Å². The Kier molecular flexibility index (Phi) is 6.75. The zero-order valence-corrected chi connectivity index (χ0v) is 10.8. The van der Waals surface area contributed by atoms with Crippen LogP contribution in [0.5, 0.6) is 0 Å². The summed E-state index contributed by atoms with van der Waals surface area (Å²) in [5.74, 6) is -0.640. The van der Waals surface area contributed by atoms with Crippen molar-refractivity contribution in [3.05, 3.63) is 0 Å². The van der Waals surface area contributed by atoms with E-state index in [1.54, 1.807) is 20.8 Å². The fourth-order valence-corrected chi connectivity index (χ4v) is 1.08. The highest BCUT2D eigenvalue weighted by atomic mass is 16.6. The van der Waals surface area contributed by atoms with Gasteiger partial charge in [-0.05, 0) is 27.2 Å². The van der Waals surface area contributed by atoms with Crippen LogP contribution in [0.1, 0.15) is 33.6 Å². The number of nitrogens with one attached hydrogen (secondary N) is 1. The lowest BCUT2D eigenvalue weighted by Gasteiger charge is -2.22. The van der Waals surface area contributed by atoms with Gasteiger partial charge < -0.3 is 21.5 Å². The number of nitrogens with two attached hydrogens (primary N) is 2. The average molecular weight is 245 g/mol. The Labute approximate surface area is 102 Å². The van der Waals surface area contributed by atoms with Crippen LogP contribution in [0.25, 0.3) is 0 Å². The molecule has 0 rings (SSSR count). The monoisotopic (exact) mass is 245 g/mol. The third-order valence-electron chi connectivity index (χ3n) is 1.86. The number of carbonyl (C=O) groups is 2. The van der Waals surface area contributed by atoms with Crippen LogP contribution in [-0.4, -0.2) is 36.6 Å². The zero-order valence-electron chi connectivity index (χ0n) is 10.8. The molecular formula is C11H23N3O3. The molecule has 100 valence electrons. The molecule has 0 aromatic rings. The maximum absolute atomic E-state index is 11.5. The second-order valence-electron chi connectivity index (χ2n) is 4.82. The van der Waals surface area contributed by atoms with Crippen molar-refractivity contribution in [3.63, 3.8) is 0 Å². The summed E-state index contributed by atoms with van der Waals surface area (Å²) in [6.07, 6.45) is 0.464. The first kappa shape index (κ1) is 15.9. The quantitative estimate of drug-likeness (QED) is 0.547. The van der Waals surface area contributed by atoms with E-state index < -0.39 is 17.6 Å². The molecule has 17 heavy (non-hydrogen) atoms. The van der Waals surface area contributed by atoms with Gasteiger partial charge in [0.1, 0.15) is 11.6 Å². The van der Waals surface area contributed by atoms with Crippen molar-refractivity contribution in [2.45, 2.75) is 45.3 Å². The smallest absolute Gasteiger partial charge is 0.323 e. The van der Waals surface area contributed by atoms with Gasteiger partial charge in [0, 0.05) is 19.5 Å². The van der Waals surface area contributed by atoms with Gasteiger partial charge in [0.25, 0.3) is 0 Å². The van der Waals surface area contributed by atoms with E-state index >= 15 is 0 Å². The van der Waals surface area contributed by atoms with Crippen LogP contribution in [-0.2, 0) is 14.3 Å². The van der Waals surface area contributed by atoms with Crippen molar-refractivity contribution < 1.29 is 14.3 Å². The molecule has 1 amide bonds. The Balaban J connectivity index is 3.89. The van der Waals surface area contributed by atoms with Gasteiger partial charge in [-0.25, -0.2) is 0 Å². The van der Waals surface area contributed by atoms with Crippen LogP contribution in [0.4, 0.5) is 0 Å². The summed E-state index contributed by atoms with van der Waals surface area (Å²) in [5.41, 5.74) is 10.3. The predicted molar refractivity (Wildman–Crippen MR) is 65.1 cm³/mol. The minimum Gasteiger partial charge on any atom is -0.459 e. The number of esters is 1. The Bertz CT molecular complexity index is 261. The van der Waals surface area contributed by atoms with Gasteiger partial charge in [-0.3, -0.25) is 9.59 Å². The topological polar surface area (TPSA) is 107 Å². The van der Waals surface area contributed by atoms with E-state index in [0.29, 0.717) is 13.1 Å². The maximum atomic E-state index is 11.5. The van der Waals surface area contributed by atoms with E-state index in [9.17, 15) is 9.59 Å². The van der Waals surface area contributed by atoms with Crippen molar-refractivity contribution in [1.82, 2.24) is 5.32 Å². The third-order valence-corrected chi connectivity index (χ3v) is 1.86. The Morgan fingerprint density at radius 1 is 1.35 bits per heavy atom. The Hall–Kier alpha value is -1.14. The summed E-state index contributed by atoms with van der Waals surface area (Å²) >= 11 is 0. The van der Waals surface area contributed by atoms with Gasteiger partial charge in [0.2, 0.25) is 5.91 Å². The second-order valence-corrected chi connectivity index (χ2v) is 4.82. The number of carbonyl (C=O) groups excluding carboxylic acids is 2. The highest BCUT2D eigenvalue weighted by Gasteiger charge is 2.22. The molecule has 0 aliphatic heterocycles. The molecule has 1 atom stereocenters. The summed E-state index contributed by atoms with van der Waals surface area (Å²) < 4.78 is 5.10. The molecule has 0 unspecified atom stereocenters. The lowest BCUT2D eigenvalue weighted by atomic mass is 10.1. The van der Waals surface area contributed by atoms with Crippen molar-refractivity contribution in [2.24, 2.45) is 11.5 Å². The van der Waals surface area contributed by atoms with Crippen LogP contribution in [0.3, 0.4) is 0 Å². The fourth-order valence-electron chi connectivity index (χ4n) is 1.08. The molecule has 0 aliphatic rings. The summed E-state index contributed by atoms with van der Waals surface area (Å²) in [7, 11) is 0. The maximum Gasteiger partial charge on any atom is 0.323 e. The Morgan fingerprint density at radius 2 is 1.94 bits per heavy atom. The van der Waals surface area contributed by atoms with E-state index in [4.69, 9.17) is 16.2 Å². The van der Waals surface area contributed by atoms with Gasteiger partial charge in [-0.2, -0.15) is 0 Å². The van der Waals surface area contributed by atoms with Crippen LogP contribution in [0, 0.1) is 0 Å². The standard InChI is InChI=1S/C11H23N3O3/c1-11(2,3)17-10(16)8(13)4-5-9(15)14-7-6-12/h8H,4-7,12-13H2,1-3H3,(H,14,15)/t8-/m0/s1. The third kappa shape index (κ3) is 8.65. The van der Waals surface area contributed by atoms with Gasteiger partial charge in [0.15, 0.2) is 0 Å². The molecular weight excluding hydrogens is 222 g/mol. The van der Waals surface area contributed by atoms with E-state index in [0.717, 1.165) is 0 Å². The van der Waals surface area contributed by atoms with Crippen molar-refractivity contribution >= 4 is 11.9 Å². The minimum atomic E-state index is -0.766. The lowest BCUT2D eigenvalue weighted by molar-refractivity contribution is -0.156. The molecule has 0 fully saturated rings. The van der Waals surface area contributed by atoms with E-state index in [1.165, 1.54) is 0 Å². The van der Waals surface area contributed by atoms with Gasteiger partial charge in [0.05, 0.1) is 0 Å². The first-order chi connectivity index (χ1) is 7.76. The molecule has 6 heteroatoms. The molecule has 0 aromatic heterocycles. The van der Waals surface area contributed by atoms with Crippen molar-refractivity contribution in [3.8, 4) is 0 Å². The number of ether oxygens (including phenoxy) is 1. The van der Waals surface area contributed by atoms with Crippen LogP contribution >= 0.6 is 0 Å². The highest BCUT2D eigenvalue weighted by Crippen LogP contribution is 2.09. The first-order valence-corrected chi connectivity index (χ1v) is 5.71. The number of rotatable bonds is 6.